The van der Waals surface area contributed by atoms with Crippen LogP contribution in [0.2, 0.25) is 0 Å². The van der Waals surface area contributed by atoms with E-state index in [9.17, 15) is 4.79 Å². The lowest BCUT2D eigenvalue weighted by molar-refractivity contribution is 0.0981. The number of Topliss-reactive ketones (excluding diaryl/α,β-unsaturated/α-hetero) is 1. The zero-order chi connectivity index (χ0) is 30.6. The molecule has 0 fully saturated rings. The van der Waals surface area contributed by atoms with Crippen LogP contribution in [-0.4, -0.2) is 5.78 Å². The van der Waals surface area contributed by atoms with Gasteiger partial charge in [-0.05, 0) is 104 Å². The van der Waals surface area contributed by atoms with Gasteiger partial charge in [-0.2, -0.15) is 0 Å². The molecule has 0 aromatic heterocycles. The quantitative estimate of drug-likeness (QED) is 0.138. The average molecular weight is 555 g/mol. The Bertz CT molecular complexity index is 1630. The van der Waals surface area contributed by atoms with Gasteiger partial charge >= 0.3 is 0 Å². The maximum absolute atomic E-state index is 13.3. The van der Waals surface area contributed by atoms with E-state index < -0.39 is 0 Å². The summed E-state index contributed by atoms with van der Waals surface area (Å²) < 4.78 is 0. The van der Waals surface area contributed by atoms with Crippen LogP contribution in [0, 0.1) is 39.0 Å². The Kier molecular flexibility index (Phi) is 9.55. The van der Waals surface area contributed by atoms with E-state index in [2.05, 4.69) is 134 Å². The van der Waals surface area contributed by atoms with Gasteiger partial charge in [-0.3, -0.25) is 4.79 Å². The molecule has 0 radical (unpaired) electrons. The van der Waals surface area contributed by atoms with Gasteiger partial charge in [0.15, 0.2) is 5.78 Å². The Morgan fingerprint density at radius 3 is 2.26 bits per heavy atom. The molecule has 1 heteroatoms. The molecule has 42 heavy (non-hydrogen) atoms. The monoisotopic (exact) mass is 554 g/mol. The van der Waals surface area contributed by atoms with Crippen molar-refractivity contribution in [2.45, 2.75) is 74.7 Å². The average Bonchev–Trinajstić information content (AvgIpc) is 3.17. The molecule has 0 saturated heterocycles. The van der Waals surface area contributed by atoms with Crippen molar-refractivity contribution in [3.63, 3.8) is 0 Å². The lowest BCUT2D eigenvalue weighted by atomic mass is 9.78. The summed E-state index contributed by atoms with van der Waals surface area (Å²) in [6.45, 7) is 21.6. The number of hydrogen-bond acceptors (Lipinski definition) is 1. The molecule has 1 aliphatic rings. The van der Waals surface area contributed by atoms with Crippen LogP contribution in [0.15, 0.2) is 101 Å². The third kappa shape index (κ3) is 6.59. The first-order valence-corrected chi connectivity index (χ1v) is 15.2. The van der Waals surface area contributed by atoms with Gasteiger partial charge in [0.2, 0.25) is 0 Å². The van der Waals surface area contributed by atoms with E-state index in [1.807, 2.05) is 13.0 Å². The lowest BCUT2D eigenvalue weighted by Crippen LogP contribution is -2.15. The van der Waals surface area contributed by atoms with Gasteiger partial charge in [-0.25, -0.2) is 0 Å². The fraction of sp³-hybridized carbons (Fsp3) is 0.317. The first-order valence-electron chi connectivity index (χ1n) is 15.2. The third-order valence-corrected chi connectivity index (χ3v) is 9.38. The van der Waals surface area contributed by atoms with Gasteiger partial charge in [0.25, 0.3) is 0 Å². The minimum atomic E-state index is -0.109. The SMILES string of the molecule is C=C=C(C1=C(C)C(C)(C)C(CCC(=O)c2cc(C)c(C)cc2C)=C1)C(C)Cc1cccc(C)c1C=Cc1ccccc1. The molecule has 0 spiro atoms. The number of carbonyl (C=O) groups excluding carboxylic acids is 1. The summed E-state index contributed by atoms with van der Waals surface area (Å²) in [6, 6.07) is 21.2. The minimum absolute atomic E-state index is 0.109. The van der Waals surface area contributed by atoms with Crippen molar-refractivity contribution in [3.8, 4) is 0 Å². The number of benzene rings is 3. The summed E-state index contributed by atoms with van der Waals surface area (Å²) in [5.74, 6) is 0.464. The third-order valence-electron chi connectivity index (χ3n) is 9.38. The van der Waals surface area contributed by atoms with Crippen LogP contribution in [-0.2, 0) is 6.42 Å². The Labute approximate surface area is 254 Å². The standard InChI is InChI=1S/C41H46O/c1-10-36(31(6)24-34-18-14-15-27(2)37(34)21-19-33-16-12-11-13-17-33)39-26-35(41(8,9)32(39)7)20-22-40(42)38-25-29(4)28(3)23-30(38)5/h11-19,21,23,25-26,31H,1,20,22,24H2,2-9H3. The lowest BCUT2D eigenvalue weighted by Gasteiger charge is -2.26. The summed E-state index contributed by atoms with van der Waals surface area (Å²) in [5, 5.41) is 0. The topological polar surface area (TPSA) is 17.1 Å². The summed E-state index contributed by atoms with van der Waals surface area (Å²) in [4.78, 5) is 13.3. The number of ketones is 1. The van der Waals surface area contributed by atoms with Gasteiger partial charge in [0, 0.05) is 23.0 Å². The molecule has 0 aliphatic heterocycles. The van der Waals surface area contributed by atoms with Crippen molar-refractivity contribution in [1.82, 2.24) is 0 Å². The molecule has 0 amide bonds. The van der Waals surface area contributed by atoms with Crippen LogP contribution < -0.4 is 0 Å². The van der Waals surface area contributed by atoms with E-state index in [1.165, 1.54) is 50.1 Å². The van der Waals surface area contributed by atoms with Crippen LogP contribution in [0.4, 0.5) is 0 Å². The predicted molar refractivity (Wildman–Crippen MR) is 181 cm³/mol. The van der Waals surface area contributed by atoms with Crippen LogP contribution in [0.1, 0.15) is 89.8 Å². The Balaban J connectivity index is 1.55. The van der Waals surface area contributed by atoms with E-state index >= 15 is 0 Å². The van der Waals surface area contributed by atoms with Crippen molar-refractivity contribution >= 4 is 17.9 Å². The highest BCUT2D eigenvalue weighted by atomic mass is 16.1. The maximum atomic E-state index is 13.3. The highest BCUT2D eigenvalue weighted by Crippen LogP contribution is 2.47. The van der Waals surface area contributed by atoms with Gasteiger partial charge in [0.05, 0.1) is 0 Å². The van der Waals surface area contributed by atoms with Crippen molar-refractivity contribution in [2.24, 2.45) is 11.3 Å². The normalized spacial score (nSPS) is 15.1. The number of aryl methyl sites for hydroxylation is 4. The minimum Gasteiger partial charge on any atom is -0.294 e. The van der Waals surface area contributed by atoms with Gasteiger partial charge in [-0.15, -0.1) is 5.73 Å². The summed E-state index contributed by atoms with van der Waals surface area (Å²) in [7, 11) is 0. The van der Waals surface area contributed by atoms with E-state index in [1.54, 1.807) is 0 Å². The molecule has 1 aliphatic carbocycles. The second-order valence-electron chi connectivity index (χ2n) is 12.6. The first-order chi connectivity index (χ1) is 19.9. The number of hydrogen-bond donors (Lipinski definition) is 0. The van der Waals surface area contributed by atoms with Crippen molar-refractivity contribution in [1.29, 1.82) is 0 Å². The van der Waals surface area contributed by atoms with Crippen molar-refractivity contribution < 1.29 is 4.79 Å². The highest BCUT2D eigenvalue weighted by Gasteiger charge is 2.34. The number of carbonyl (C=O) groups is 1. The molecule has 0 N–H and O–H groups in total. The summed E-state index contributed by atoms with van der Waals surface area (Å²) in [5.41, 5.74) is 17.7. The number of rotatable bonds is 10. The zero-order valence-electron chi connectivity index (χ0n) is 26.8. The molecule has 1 nitrogen and oxygen atoms in total. The molecule has 3 aromatic rings. The zero-order valence-corrected chi connectivity index (χ0v) is 26.8. The van der Waals surface area contributed by atoms with Gasteiger partial charge in [-0.1, -0.05) is 111 Å². The molecular weight excluding hydrogens is 508 g/mol. The van der Waals surface area contributed by atoms with Crippen molar-refractivity contribution in [2.75, 3.05) is 0 Å². The Hall–Kier alpha value is -3.93. The predicted octanol–water partition coefficient (Wildman–Crippen LogP) is 10.9. The molecule has 0 heterocycles. The van der Waals surface area contributed by atoms with E-state index in [0.29, 0.717) is 6.42 Å². The van der Waals surface area contributed by atoms with E-state index in [4.69, 9.17) is 0 Å². The summed E-state index contributed by atoms with van der Waals surface area (Å²) in [6.07, 6.45) is 8.94. The molecule has 216 valence electrons. The molecule has 1 unspecified atom stereocenters. The largest absolute Gasteiger partial charge is 0.294 e. The van der Waals surface area contributed by atoms with Crippen LogP contribution in [0.5, 0.6) is 0 Å². The fourth-order valence-electron chi connectivity index (χ4n) is 6.22. The van der Waals surface area contributed by atoms with Gasteiger partial charge in [0.1, 0.15) is 0 Å². The second kappa shape index (κ2) is 12.9. The summed E-state index contributed by atoms with van der Waals surface area (Å²) >= 11 is 0. The molecule has 0 bridgehead atoms. The van der Waals surface area contributed by atoms with Crippen LogP contribution in [0.25, 0.3) is 12.2 Å². The van der Waals surface area contributed by atoms with E-state index in [-0.39, 0.29) is 17.1 Å². The van der Waals surface area contributed by atoms with Gasteiger partial charge < -0.3 is 0 Å². The smallest absolute Gasteiger partial charge is 0.163 e. The fourth-order valence-corrected chi connectivity index (χ4v) is 6.22. The first kappa shape index (κ1) is 31.0. The molecule has 4 rings (SSSR count). The van der Waals surface area contributed by atoms with Crippen LogP contribution >= 0.6 is 0 Å². The Morgan fingerprint density at radius 1 is 0.881 bits per heavy atom. The molecule has 0 saturated carbocycles. The molecule has 3 aromatic carbocycles. The molecular formula is C41H46O. The Morgan fingerprint density at radius 2 is 1.57 bits per heavy atom. The second-order valence-corrected chi connectivity index (χ2v) is 12.6. The maximum Gasteiger partial charge on any atom is 0.163 e. The molecule has 1 atom stereocenters. The van der Waals surface area contributed by atoms with Crippen molar-refractivity contribution in [3.05, 3.63) is 146 Å². The van der Waals surface area contributed by atoms with Crippen LogP contribution in [0.3, 0.4) is 0 Å². The number of allylic oxidation sites excluding steroid dienone is 5. The highest BCUT2D eigenvalue weighted by molar-refractivity contribution is 5.98. The van der Waals surface area contributed by atoms with E-state index in [0.717, 1.165) is 29.5 Å².